The molecule has 6 nitrogen and oxygen atoms in total. The standard InChI is InChI=1S/C26H37N5OS/c1-30(24-14-8-9-15-27-24)26-29-23(20-33-26)25(32)28-17-22-13-10-16-31(19-22)18-21-11-6-4-2-3-5-7-12-21/h8-9,11,14-15,20,22H,2-7,10,12-13,16-19H2,1H3,(H,28,32)/b21-11+/t22-/m0/s1. The number of nitrogens with one attached hydrogen (secondary N) is 1. The lowest BCUT2D eigenvalue weighted by Crippen LogP contribution is -2.41. The number of hydrogen-bond donors (Lipinski definition) is 1. The minimum Gasteiger partial charge on any atom is -0.350 e. The molecule has 0 radical (unpaired) electrons. The number of anilines is 2. The lowest BCUT2D eigenvalue weighted by atomic mass is 9.96. The Labute approximate surface area is 202 Å². The number of piperidine rings is 1. The molecule has 1 N–H and O–H groups in total. The van der Waals surface area contributed by atoms with Gasteiger partial charge in [-0.25, -0.2) is 9.97 Å². The van der Waals surface area contributed by atoms with Crippen LogP contribution in [0.2, 0.25) is 0 Å². The average Bonchev–Trinajstić information content (AvgIpc) is 3.38. The van der Waals surface area contributed by atoms with Gasteiger partial charge in [0.25, 0.3) is 5.91 Å². The molecule has 2 aromatic heterocycles. The minimum absolute atomic E-state index is 0.0805. The van der Waals surface area contributed by atoms with Gasteiger partial charge in [-0.1, -0.05) is 37.0 Å². The highest BCUT2D eigenvalue weighted by molar-refractivity contribution is 7.14. The molecular weight excluding hydrogens is 430 g/mol. The Kier molecular flexibility index (Phi) is 8.89. The number of carbonyl (C=O) groups excluding carboxylic acids is 1. The summed E-state index contributed by atoms with van der Waals surface area (Å²) in [6.07, 6.45) is 16.0. The molecule has 7 heteroatoms. The number of thiazole rings is 1. The van der Waals surface area contributed by atoms with Gasteiger partial charge in [0.2, 0.25) is 0 Å². The first-order chi connectivity index (χ1) is 16.2. The Bertz CT molecular complexity index is 912. The quantitative estimate of drug-likeness (QED) is 0.551. The fourth-order valence-corrected chi connectivity index (χ4v) is 5.61. The molecule has 1 fully saturated rings. The van der Waals surface area contributed by atoms with E-state index >= 15 is 0 Å². The first kappa shape index (κ1) is 23.9. The molecule has 0 aromatic carbocycles. The number of nitrogens with zero attached hydrogens (tertiary/aromatic N) is 4. The zero-order chi connectivity index (χ0) is 22.9. The van der Waals surface area contributed by atoms with Crippen LogP contribution in [-0.2, 0) is 0 Å². The van der Waals surface area contributed by atoms with Gasteiger partial charge in [-0.15, -0.1) is 11.3 Å². The highest BCUT2D eigenvalue weighted by atomic mass is 32.1. The molecule has 0 bridgehead atoms. The highest BCUT2D eigenvalue weighted by Crippen LogP contribution is 2.25. The van der Waals surface area contributed by atoms with E-state index in [1.807, 2.05) is 35.5 Å². The molecule has 3 heterocycles. The molecule has 2 aromatic rings. The third-order valence-corrected chi connectivity index (χ3v) is 7.64. The molecule has 2 aliphatic rings. The topological polar surface area (TPSA) is 61.4 Å². The fourth-order valence-electron chi connectivity index (χ4n) is 4.83. The van der Waals surface area contributed by atoms with Crippen molar-refractivity contribution in [2.24, 2.45) is 5.92 Å². The zero-order valence-corrected chi connectivity index (χ0v) is 20.7. The Morgan fingerprint density at radius 1 is 1.21 bits per heavy atom. The van der Waals surface area contributed by atoms with Gasteiger partial charge in [-0.05, 0) is 63.1 Å². The van der Waals surface area contributed by atoms with Gasteiger partial charge < -0.3 is 10.2 Å². The summed E-state index contributed by atoms with van der Waals surface area (Å²) in [7, 11) is 1.92. The fraction of sp³-hybridized carbons (Fsp3) is 0.577. The van der Waals surface area contributed by atoms with Crippen molar-refractivity contribution in [1.82, 2.24) is 20.2 Å². The van der Waals surface area contributed by atoms with E-state index < -0.39 is 0 Å². The van der Waals surface area contributed by atoms with Crippen LogP contribution in [0.1, 0.15) is 68.3 Å². The largest absolute Gasteiger partial charge is 0.350 e. The Morgan fingerprint density at radius 2 is 2.09 bits per heavy atom. The molecule has 0 spiro atoms. The van der Waals surface area contributed by atoms with Crippen molar-refractivity contribution in [3.63, 3.8) is 0 Å². The number of allylic oxidation sites excluding steroid dienone is 1. The molecule has 1 atom stereocenters. The molecule has 1 aliphatic carbocycles. The van der Waals surface area contributed by atoms with Gasteiger partial charge in [0, 0.05) is 38.3 Å². The van der Waals surface area contributed by atoms with Gasteiger partial charge in [-0.2, -0.15) is 0 Å². The number of hydrogen-bond acceptors (Lipinski definition) is 6. The highest BCUT2D eigenvalue weighted by Gasteiger charge is 2.22. The van der Waals surface area contributed by atoms with Crippen molar-refractivity contribution in [1.29, 1.82) is 0 Å². The van der Waals surface area contributed by atoms with Gasteiger partial charge in [0.1, 0.15) is 11.5 Å². The molecule has 33 heavy (non-hydrogen) atoms. The van der Waals surface area contributed by atoms with E-state index in [1.54, 1.807) is 11.8 Å². The summed E-state index contributed by atoms with van der Waals surface area (Å²) >= 11 is 1.47. The number of pyridine rings is 1. The maximum atomic E-state index is 12.7. The lowest BCUT2D eigenvalue weighted by Gasteiger charge is -2.33. The van der Waals surface area contributed by atoms with Crippen LogP contribution in [0, 0.1) is 5.92 Å². The van der Waals surface area contributed by atoms with E-state index in [2.05, 4.69) is 26.3 Å². The predicted molar refractivity (Wildman–Crippen MR) is 136 cm³/mol. The summed E-state index contributed by atoms with van der Waals surface area (Å²) < 4.78 is 0. The molecule has 1 aliphatic heterocycles. The summed E-state index contributed by atoms with van der Waals surface area (Å²) in [5, 5.41) is 5.74. The summed E-state index contributed by atoms with van der Waals surface area (Å²) in [4.78, 5) is 26.1. The third kappa shape index (κ3) is 7.11. The summed E-state index contributed by atoms with van der Waals surface area (Å²) in [5.74, 6) is 1.24. The van der Waals surface area contributed by atoms with E-state index in [1.165, 1.54) is 75.7 Å². The normalized spacial score (nSPS) is 21.8. The van der Waals surface area contributed by atoms with Crippen molar-refractivity contribution in [2.75, 3.05) is 38.1 Å². The van der Waals surface area contributed by atoms with Gasteiger partial charge in [0.05, 0.1) is 0 Å². The van der Waals surface area contributed by atoms with Crippen LogP contribution in [0.25, 0.3) is 0 Å². The SMILES string of the molecule is CN(c1ccccn1)c1nc(C(=O)NC[C@@H]2CCCN(C/C3=C/CCCCCCC3)C2)cs1. The maximum absolute atomic E-state index is 12.7. The predicted octanol–water partition coefficient (Wildman–Crippen LogP) is 5.42. The number of carbonyl (C=O) groups is 1. The van der Waals surface area contributed by atoms with Crippen molar-refractivity contribution >= 4 is 28.2 Å². The molecule has 178 valence electrons. The monoisotopic (exact) mass is 467 g/mol. The summed E-state index contributed by atoms with van der Waals surface area (Å²) in [5.41, 5.74) is 2.12. The minimum atomic E-state index is -0.0805. The van der Waals surface area contributed by atoms with Crippen LogP contribution in [0.5, 0.6) is 0 Å². The zero-order valence-electron chi connectivity index (χ0n) is 19.8. The third-order valence-electron chi connectivity index (χ3n) is 6.72. The molecule has 4 rings (SSSR count). The smallest absolute Gasteiger partial charge is 0.270 e. The van der Waals surface area contributed by atoms with Crippen molar-refractivity contribution in [2.45, 2.75) is 57.8 Å². The van der Waals surface area contributed by atoms with Crippen LogP contribution in [-0.4, -0.2) is 54.0 Å². The summed E-state index contributed by atoms with van der Waals surface area (Å²) in [6.45, 7) is 4.08. The number of amides is 1. The maximum Gasteiger partial charge on any atom is 0.270 e. The van der Waals surface area contributed by atoms with Crippen molar-refractivity contribution < 1.29 is 4.79 Å². The van der Waals surface area contributed by atoms with E-state index in [0.29, 0.717) is 11.6 Å². The lowest BCUT2D eigenvalue weighted by molar-refractivity contribution is 0.0930. The average molecular weight is 468 g/mol. The second-order valence-electron chi connectivity index (χ2n) is 9.38. The van der Waals surface area contributed by atoms with Gasteiger partial charge in [-0.3, -0.25) is 9.69 Å². The molecular formula is C26H37N5OS. The molecule has 1 amide bonds. The number of rotatable bonds is 7. The van der Waals surface area contributed by atoms with Crippen LogP contribution in [0.15, 0.2) is 41.4 Å². The van der Waals surface area contributed by atoms with E-state index in [0.717, 1.165) is 30.6 Å². The second kappa shape index (κ2) is 12.3. The van der Waals surface area contributed by atoms with E-state index in [-0.39, 0.29) is 5.91 Å². The van der Waals surface area contributed by atoms with Crippen LogP contribution in [0.4, 0.5) is 10.9 Å². The van der Waals surface area contributed by atoms with Gasteiger partial charge >= 0.3 is 0 Å². The van der Waals surface area contributed by atoms with Crippen molar-refractivity contribution in [3.8, 4) is 0 Å². The molecule has 0 unspecified atom stereocenters. The molecule has 1 saturated heterocycles. The Balaban J connectivity index is 1.26. The number of likely N-dealkylation sites (tertiary alicyclic amines) is 1. The summed E-state index contributed by atoms with van der Waals surface area (Å²) in [6, 6.07) is 5.77. The first-order valence-electron chi connectivity index (χ1n) is 12.5. The van der Waals surface area contributed by atoms with Crippen molar-refractivity contribution in [3.05, 3.63) is 47.1 Å². The molecule has 0 saturated carbocycles. The van der Waals surface area contributed by atoms with E-state index in [4.69, 9.17) is 0 Å². The second-order valence-corrected chi connectivity index (χ2v) is 10.2. The van der Waals surface area contributed by atoms with Crippen LogP contribution < -0.4 is 10.2 Å². The Hall–Kier alpha value is -2.25. The van der Waals surface area contributed by atoms with Gasteiger partial charge in [0.15, 0.2) is 5.13 Å². The first-order valence-corrected chi connectivity index (χ1v) is 13.4. The van der Waals surface area contributed by atoms with Crippen LogP contribution in [0.3, 0.4) is 0 Å². The number of aromatic nitrogens is 2. The van der Waals surface area contributed by atoms with Crippen LogP contribution >= 0.6 is 11.3 Å². The van der Waals surface area contributed by atoms with E-state index in [9.17, 15) is 4.79 Å². The Morgan fingerprint density at radius 3 is 2.97 bits per heavy atom.